The van der Waals surface area contributed by atoms with E-state index < -0.39 is 17.9 Å². The average Bonchev–Trinajstić information content (AvgIpc) is 3.19. The van der Waals surface area contributed by atoms with Crippen molar-refractivity contribution >= 4 is 17.9 Å². The Morgan fingerprint density at radius 3 is 2.71 bits per heavy atom. The van der Waals surface area contributed by atoms with Crippen LogP contribution in [0.3, 0.4) is 0 Å². The van der Waals surface area contributed by atoms with E-state index >= 15 is 0 Å². The maximum atomic E-state index is 12.4. The zero-order valence-corrected chi connectivity index (χ0v) is 13.7. The van der Waals surface area contributed by atoms with Crippen LogP contribution in [0, 0.1) is 6.92 Å². The van der Waals surface area contributed by atoms with Crippen LogP contribution < -0.4 is 5.32 Å². The van der Waals surface area contributed by atoms with E-state index in [1.165, 1.54) is 16.1 Å². The minimum absolute atomic E-state index is 0.0295. The highest BCUT2D eigenvalue weighted by Gasteiger charge is 2.32. The number of aryl methyl sites for hydroxylation is 1. The first-order valence-corrected chi connectivity index (χ1v) is 7.53. The summed E-state index contributed by atoms with van der Waals surface area (Å²) >= 11 is 0. The van der Waals surface area contributed by atoms with Gasteiger partial charge in [-0.3, -0.25) is 4.79 Å². The van der Waals surface area contributed by atoms with Gasteiger partial charge in [0, 0.05) is 24.7 Å². The Kier molecular flexibility index (Phi) is 5.56. The van der Waals surface area contributed by atoms with Crippen molar-refractivity contribution in [2.45, 2.75) is 20.3 Å². The van der Waals surface area contributed by atoms with E-state index in [1.807, 2.05) is 0 Å². The number of amides is 3. The molecule has 1 aliphatic rings. The number of carbonyl (C=O) groups is 3. The second-order valence-corrected chi connectivity index (χ2v) is 5.38. The number of urea groups is 1. The molecule has 1 aromatic heterocycles. The van der Waals surface area contributed by atoms with Crippen molar-refractivity contribution in [3.63, 3.8) is 0 Å². The monoisotopic (exact) mass is 336 g/mol. The van der Waals surface area contributed by atoms with Gasteiger partial charge in [-0.25, -0.2) is 19.6 Å². The first kappa shape index (κ1) is 17.5. The summed E-state index contributed by atoms with van der Waals surface area (Å²) in [7, 11) is 0. The van der Waals surface area contributed by atoms with Crippen molar-refractivity contribution in [3.05, 3.63) is 29.7 Å². The number of nitrogens with zero attached hydrogens (tertiary/aromatic N) is 3. The number of hydrazine groups is 1. The van der Waals surface area contributed by atoms with Crippen LogP contribution >= 0.6 is 0 Å². The van der Waals surface area contributed by atoms with Crippen molar-refractivity contribution in [1.82, 2.24) is 20.5 Å². The fraction of sp³-hybridized carbons (Fsp3) is 0.467. The number of ether oxygens (including phenoxy) is 1. The Labute approximate surface area is 139 Å². The van der Waals surface area contributed by atoms with Gasteiger partial charge in [-0.05, 0) is 20.3 Å². The number of hydrogen-bond acceptors (Lipinski definition) is 6. The first-order valence-electron chi connectivity index (χ1n) is 7.53. The molecule has 1 N–H and O–H groups in total. The molecule has 1 aliphatic heterocycles. The fourth-order valence-electron chi connectivity index (χ4n) is 2.15. The Bertz CT molecular complexity index is 654. The third-order valence-corrected chi connectivity index (χ3v) is 3.31. The predicted octanol–water partition coefficient (Wildman–Crippen LogP) is 0.875. The maximum absolute atomic E-state index is 12.4. The molecule has 3 amide bonds. The van der Waals surface area contributed by atoms with Crippen LogP contribution in [0.4, 0.5) is 4.79 Å². The summed E-state index contributed by atoms with van der Waals surface area (Å²) in [5.74, 6) is -0.385. The topological polar surface area (TPSA) is 105 Å². The Balaban J connectivity index is 1.85. The molecule has 1 aromatic rings. The van der Waals surface area contributed by atoms with Crippen LogP contribution in [-0.2, 0) is 9.53 Å². The average molecular weight is 336 g/mol. The molecule has 2 heterocycles. The van der Waals surface area contributed by atoms with Gasteiger partial charge in [-0.2, -0.15) is 0 Å². The molecule has 0 unspecified atom stereocenters. The number of aromatic nitrogens is 1. The lowest BCUT2D eigenvalue weighted by Gasteiger charge is -2.27. The zero-order valence-electron chi connectivity index (χ0n) is 13.7. The van der Waals surface area contributed by atoms with Gasteiger partial charge >= 0.3 is 12.0 Å². The minimum atomic E-state index is -0.511. The SMILES string of the molecule is C=C(C)C(=O)OCCNC(=O)N1CCCN1C(=O)c1cc(C)on1. The van der Waals surface area contributed by atoms with Gasteiger partial charge in [0.25, 0.3) is 5.91 Å². The molecule has 0 atom stereocenters. The van der Waals surface area contributed by atoms with Crippen molar-refractivity contribution in [3.8, 4) is 0 Å². The highest BCUT2D eigenvalue weighted by Crippen LogP contribution is 2.15. The zero-order chi connectivity index (χ0) is 17.7. The number of hydrogen-bond donors (Lipinski definition) is 1. The van der Waals surface area contributed by atoms with E-state index in [4.69, 9.17) is 9.26 Å². The van der Waals surface area contributed by atoms with Gasteiger partial charge in [-0.15, -0.1) is 0 Å². The molecule has 1 fully saturated rings. The molecule has 9 nitrogen and oxygen atoms in total. The summed E-state index contributed by atoms with van der Waals surface area (Å²) in [6.45, 7) is 7.69. The largest absolute Gasteiger partial charge is 0.460 e. The summed E-state index contributed by atoms with van der Waals surface area (Å²) in [4.78, 5) is 35.8. The van der Waals surface area contributed by atoms with Gasteiger partial charge < -0.3 is 14.6 Å². The lowest BCUT2D eigenvalue weighted by molar-refractivity contribution is -0.138. The lowest BCUT2D eigenvalue weighted by atomic mass is 10.3. The van der Waals surface area contributed by atoms with E-state index in [1.54, 1.807) is 13.8 Å². The van der Waals surface area contributed by atoms with Crippen LogP contribution in [0.15, 0.2) is 22.7 Å². The van der Waals surface area contributed by atoms with Gasteiger partial charge in [0.15, 0.2) is 5.69 Å². The van der Waals surface area contributed by atoms with E-state index in [0.29, 0.717) is 30.8 Å². The van der Waals surface area contributed by atoms with Crippen LogP contribution in [-0.4, -0.2) is 59.3 Å². The second-order valence-electron chi connectivity index (χ2n) is 5.38. The number of nitrogens with one attached hydrogen (secondary N) is 1. The van der Waals surface area contributed by atoms with Crippen molar-refractivity contribution < 1.29 is 23.6 Å². The smallest absolute Gasteiger partial charge is 0.336 e. The molecular formula is C15H20N4O5. The summed E-state index contributed by atoms with van der Waals surface area (Å²) in [6.07, 6.45) is 0.667. The second kappa shape index (κ2) is 7.62. The van der Waals surface area contributed by atoms with Gasteiger partial charge in [-0.1, -0.05) is 11.7 Å². The number of esters is 1. The maximum Gasteiger partial charge on any atom is 0.336 e. The highest BCUT2D eigenvalue weighted by molar-refractivity contribution is 5.93. The van der Waals surface area contributed by atoms with Gasteiger partial charge in [0.2, 0.25) is 0 Å². The Hall–Kier alpha value is -2.84. The number of carbonyl (C=O) groups excluding carboxylic acids is 3. The molecule has 0 aliphatic carbocycles. The molecule has 9 heteroatoms. The summed E-state index contributed by atoms with van der Waals surface area (Å²) in [5.41, 5.74) is 0.447. The van der Waals surface area contributed by atoms with E-state index in [2.05, 4.69) is 17.1 Å². The van der Waals surface area contributed by atoms with Crippen LogP contribution in [0.1, 0.15) is 29.6 Å². The van der Waals surface area contributed by atoms with Gasteiger partial charge in [0.05, 0.1) is 6.54 Å². The standard InChI is InChI=1S/C15H20N4O5/c1-10(2)14(21)23-8-5-16-15(22)19-7-4-6-18(19)13(20)12-9-11(3)24-17-12/h9H,1,4-8H2,2-3H3,(H,16,22). The third-order valence-electron chi connectivity index (χ3n) is 3.31. The molecule has 1 saturated heterocycles. The van der Waals surface area contributed by atoms with Crippen LogP contribution in [0.25, 0.3) is 0 Å². The van der Waals surface area contributed by atoms with Crippen molar-refractivity contribution in [2.75, 3.05) is 26.2 Å². The molecular weight excluding hydrogens is 316 g/mol. The van der Waals surface area contributed by atoms with Gasteiger partial charge in [0.1, 0.15) is 12.4 Å². The molecule has 0 saturated carbocycles. The molecule has 0 aromatic carbocycles. The van der Waals surface area contributed by atoms with Crippen molar-refractivity contribution in [1.29, 1.82) is 0 Å². The predicted molar refractivity (Wildman–Crippen MR) is 82.8 cm³/mol. The quantitative estimate of drug-likeness (QED) is 0.486. The summed E-state index contributed by atoms with van der Waals surface area (Å²) in [5, 5.41) is 8.92. The first-order chi connectivity index (χ1) is 11.4. The van der Waals surface area contributed by atoms with E-state index in [-0.39, 0.29) is 18.8 Å². The number of rotatable bonds is 5. The fourth-order valence-corrected chi connectivity index (χ4v) is 2.15. The minimum Gasteiger partial charge on any atom is -0.460 e. The molecule has 0 bridgehead atoms. The van der Waals surface area contributed by atoms with Crippen LogP contribution in [0.5, 0.6) is 0 Å². The molecule has 130 valence electrons. The Morgan fingerprint density at radius 2 is 2.08 bits per heavy atom. The third kappa shape index (κ3) is 4.12. The normalized spacial score (nSPS) is 13.8. The van der Waals surface area contributed by atoms with Crippen LogP contribution in [0.2, 0.25) is 0 Å². The van der Waals surface area contributed by atoms with Crippen molar-refractivity contribution in [2.24, 2.45) is 0 Å². The molecule has 0 spiro atoms. The van der Waals surface area contributed by atoms with E-state index in [0.717, 1.165) is 0 Å². The molecule has 24 heavy (non-hydrogen) atoms. The highest BCUT2D eigenvalue weighted by atomic mass is 16.5. The molecule has 2 rings (SSSR count). The Morgan fingerprint density at radius 1 is 1.38 bits per heavy atom. The lowest BCUT2D eigenvalue weighted by Crippen LogP contribution is -2.49. The molecule has 0 radical (unpaired) electrons. The summed E-state index contributed by atoms with van der Waals surface area (Å²) in [6, 6.07) is 1.08. The summed E-state index contributed by atoms with van der Waals surface area (Å²) < 4.78 is 9.78. The van der Waals surface area contributed by atoms with E-state index in [9.17, 15) is 14.4 Å².